The van der Waals surface area contributed by atoms with Crippen molar-refractivity contribution >= 4 is 16.0 Å². The topological polar surface area (TPSA) is 129 Å². The zero-order valence-electron chi connectivity index (χ0n) is 21.7. The first-order valence-corrected chi connectivity index (χ1v) is 13.6. The van der Waals surface area contributed by atoms with Crippen LogP contribution in [-0.4, -0.2) is 50.6 Å². The third kappa shape index (κ3) is 7.01. The van der Waals surface area contributed by atoms with Gasteiger partial charge in [0.25, 0.3) is 5.91 Å². The monoisotopic (exact) mass is 623 g/mol. The fraction of sp³-hybridized carbons (Fsp3) is 0.185. The van der Waals surface area contributed by atoms with Gasteiger partial charge in [0, 0.05) is 54.2 Å². The summed E-state index contributed by atoms with van der Waals surface area (Å²) in [6.07, 6.45) is 2.76. The molecular weight excluding hydrogens is 604 g/mol. The maximum absolute atomic E-state index is 14.4. The van der Waals surface area contributed by atoms with Gasteiger partial charge in [-0.25, -0.2) is 13.2 Å². The number of nitrogens with zero attached hydrogens (tertiary/aromatic N) is 5. The van der Waals surface area contributed by atoms with Crippen LogP contribution < -0.4 is 0 Å². The minimum Gasteiger partial charge on any atom is -0.334 e. The van der Waals surface area contributed by atoms with Crippen LogP contribution in [0.15, 0.2) is 60.9 Å². The van der Waals surface area contributed by atoms with E-state index in [1.165, 1.54) is 29.3 Å². The normalized spacial score (nSPS) is 13.0. The molecule has 43 heavy (non-hydrogen) atoms. The van der Waals surface area contributed by atoms with Crippen LogP contribution in [0.2, 0.25) is 0 Å². The van der Waals surface area contributed by atoms with Gasteiger partial charge in [-0.3, -0.25) is 19.0 Å². The van der Waals surface area contributed by atoms with Crippen molar-refractivity contribution in [3.05, 3.63) is 106 Å². The molecule has 0 fully saturated rings. The number of fused-ring (bicyclic) bond motifs is 1. The van der Waals surface area contributed by atoms with Gasteiger partial charge in [-0.05, 0) is 24.3 Å². The summed E-state index contributed by atoms with van der Waals surface area (Å²) in [5.41, 5.74) is -2.15. The summed E-state index contributed by atoms with van der Waals surface area (Å²) in [4.78, 5) is 18.3. The molecule has 0 saturated heterocycles. The summed E-state index contributed by atoms with van der Waals surface area (Å²) < 4.78 is 101. The van der Waals surface area contributed by atoms with E-state index in [9.17, 15) is 36.4 Å². The van der Waals surface area contributed by atoms with Crippen molar-refractivity contribution in [3.8, 4) is 17.3 Å². The molecule has 1 N–H and O–H groups in total. The highest BCUT2D eigenvalue weighted by molar-refractivity contribution is 7.86. The van der Waals surface area contributed by atoms with Crippen molar-refractivity contribution in [1.82, 2.24) is 19.7 Å². The summed E-state index contributed by atoms with van der Waals surface area (Å²) in [5, 5.41) is 14.0. The first kappa shape index (κ1) is 31.2. The SMILES string of the molecule is N#Cc1cccc(-c2nn(Cc3ccc(F)cc3F)c3c2CN(C(=O)c2ccncc2F)CC3)c1.O=S(=O)(O)C(F)(F)F. The highest BCUT2D eigenvalue weighted by Gasteiger charge is 2.44. The molecule has 0 radical (unpaired) electrons. The summed E-state index contributed by atoms with van der Waals surface area (Å²) >= 11 is 0. The smallest absolute Gasteiger partial charge is 0.334 e. The molecule has 0 saturated carbocycles. The zero-order chi connectivity index (χ0) is 31.5. The molecule has 5 rings (SSSR count). The van der Waals surface area contributed by atoms with Crippen LogP contribution in [0.4, 0.5) is 26.3 Å². The molecule has 0 unspecified atom stereocenters. The molecular formula is C27H19F6N5O4S. The van der Waals surface area contributed by atoms with E-state index in [1.807, 2.05) is 0 Å². The Morgan fingerprint density at radius 3 is 2.42 bits per heavy atom. The standard InChI is InChI=1S/C26H18F3N5O.CHF3O3S/c27-19-5-4-18(22(28)11-19)14-34-24-7-9-33(26(35)20-6-8-31-13-23(20)29)15-21(24)25(32-34)17-3-1-2-16(10-17)12-30;2-1(3,4)8(5,6)7/h1-6,8,10-11,13H,7,9,14-15H2;(H,5,6,7). The number of pyridine rings is 1. The first-order valence-electron chi connectivity index (χ1n) is 12.1. The molecule has 1 aliphatic rings. The highest BCUT2D eigenvalue weighted by atomic mass is 32.2. The summed E-state index contributed by atoms with van der Waals surface area (Å²) in [5.74, 6) is -2.51. The van der Waals surface area contributed by atoms with Crippen LogP contribution in [-0.2, 0) is 29.6 Å². The maximum Gasteiger partial charge on any atom is 0.522 e. The van der Waals surface area contributed by atoms with Gasteiger partial charge in [-0.2, -0.15) is 31.9 Å². The van der Waals surface area contributed by atoms with E-state index in [2.05, 4.69) is 11.1 Å². The van der Waals surface area contributed by atoms with Gasteiger partial charge in [-0.1, -0.05) is 18.2 Å². The second-order valence-electron chi connectivity index (χ2n) is 9.11. The van der Waals surface area contributed by atoms with Crippen molar-refractivity contribution in [2.45, 2.75) is 25.0 Å². The van der Waals surface area contributed by atoms with Gasteiger partial charge < -0.3 is 4.90 Å². The van der Waals surface area contributed by atoms with Crippen molar-refractivity contribution in [2.75, 3.05) is 6.54 Å². The maximum atomic E-state index is 14.4. The van der Waals surface area contributed by atoms with Gasteiger partial charge >= 0.3 is 15.6 Å². The Morgan fingerprint density at radius 1 is 1.07 bits per heavy atom. The van der Waals surface area contributed by atoms with Gasteiger partial charge in [0.05, 0.1) is 35.6 Å². The van der Waals surface area contributed by atoms with E-state index >= 15 is 0 Å². The third-order valence-electron chi connectivity index (χ3n) is 6.32. The molecule has 2 aromatic carbocycles. The minimum atomic E-state index is -5.84. The number of halogens is 6. The Kier molecular flexibility index (Phi) is 8.88. The molecule has 0 atom stereocenters. The van der Waals surface area contributed by atoms with E-state index < -0.39 is 39.0 Å². The summed E-state index contributed by atoms with van der Waals surface area (Å²) in [6, 6.07) is 13.7. The van der Waals surface area contributed by atoms with Gasteiger partial charge in [0.2, 0.25) is 0 Å². The fourth-order valence-corrected chi connectivity index (χ4v) is 4.29. The van der Waals surface area contributed by atoms with E-state index in [4.69, 9.17) is 18.1 Å². The number of alkyl halides is 3. The quantitative estimate of drug-likeness (QED) is 0.195. The van der Waals surface area contributed by atoms with Gasteiger partial charge in [0.15, 0.2) is 5.82 Å². The molecule has 9 nitrogen and oxygen atoms in total. The molecule has 3 heterocycles. The number of amides is 1. The van der Waals surface area contributed by atoms with Crippen LogP contribution in [0.3, 0.4) is 0 Å². The molecule has 16 heteroatoms. The van der Waals surface area contributed by atoms with Crippen molar-refractivity contribution in [3.63, 3.8) is 0 Å². The first-order chi connectivity index (χ1) is 20.2. The van der Waals surface area contributed by atoms with Crippen LogP contribution in [0.1, 0.15) is 32.7 Å². The number of hydrogen-bond donors (Lipinski definition) is 1. The summed E-state index contributed by atoms with van der Waals surface area (Å²) in [7, 11) is -5.84. The fourth-order valence-electron chi connectivity index (χ4n) is 4.29. The lowest BCUT2D eigenvalue weighted by Gasteiger charge is -2.28. The lowest BCUT2D eigenvalue weighted by atomic mass is 9.99. The average Bonchev–Trinajstić information content (AvgIpc) is 3.31. The van der Waals surface area contributed by atoms with Crippen LogP contribution in [0, 0.1) is 28.8 Å². The molecule has 0 spiro atoms. The van der Waals surface area contributed by atoms with E-state index in [1.54, 1.807) is 28.9 Å². The zero-order valence-corrected chi connectivity index (χ0v) is 22.5. The number of aromatic nitrogens is 3. The van der Waals surface area contributed by atoms with E-state index in [-0.39, 0.29) is 24.2 Å². The summed E-state index contributed by atoms with van der Waals surface area (Å²) in [6.45, 7) is 0.538. The van der Waals surface area contributed by atoms with Crippen molar-refractivity contribution < 1.29 is 44.1 Å². The predicted octanol–water partition coefficient (Wildman–Crippen LogP) is 4.87. The number of carbonyl (C=O) groups is 1. The van der Waals surface area contributed by atoms with Crippen molar-refractivity contribution in [1.29, 1.82) is 5.26 Å². The lowest BCUT2D eigenvalue weighted by Crippen LogP contribution is -2.37. The number of nitriles is 1. The predicted molar refractivity (Wildman–Crippen MR) is 138 cm³/mol. The average molecular weight is 624 g/mol. The van der Waals surface area contributed by atoms with Crippen LogP contribution in [0.25, 0.3) is 11.3 Å². The molecule has 224 valence electrons. The number of rotatable bonds is 4. The van der Waals surface area contributed by atoms with Gasteiger partial charge in [-0.15, -0.1) is 0 Å². The Morgan fingerprint density at radius 2 is 1.79 bits per heavy atom. The van der Waals surface area contributed by atoms with Crippen molar-refractivity contribution in [2.24, 2.45) is 0 Å². The number of benzene rings is 2. The minimum absolute atomic E-state index is 0.0688. The largest absolute Gasteiger partial charge is 0.522 e. The number of carbonyl (C=O) groups excluding carboxylic acids is 1. The highest BCUT2D eigenvalue weighted by Crippen LogP contribution is 2.32. The Bertz CT molecular complexity index is 1840. The third-order valence-corrected chi connectivity index (χ3v) is 6.90. The Balaban J connectivity index is 0.000000467. The molecule has 2 aromatic heterocycles. The van der Waals surface area contributed by atoms with Crippen LogP contribution in [0.5, 0.6) is 0 Å². The molecule has 4 aromatic rings. The van der Waals surface area contributed by atoms with E-state index in [0.29, 0.717) is 29.8 Å². The molecule has 1 amide bonds. The Hall–Kier alpha value is -4.75. The second-order valence-corrected chi connectivity index (χ2v) is 10.5. The molecule has 0 bridgehead atoms. The van der Waals surface area contributed by atoms with E-state index in [0.717, 1.165) is 23.5 Å². The number of hydrogen-bond acceptors (Lipinski definition) is 6. The second kappa shape index (κ2) is 12.2. The molecule has 0 aliphatic carbocycles. The van der Waals surface area contributed by atoms with Gasteiger partial charge in [0.1, 0.15) is 11.6 Å². The lowest BCUT2D eigenvalue weighted by molar-refractivity contribution is -0.0510. The molecule has 1 aliphatic heterocycles. The Labute approximate surface area is 240 Å². The van der Waals surface area contributed by atoms with Crippen LogP contribution >= 0.6 is 0 Å².